The van der Waals surface area contributed by atoms with Crippen molar-refractivity contribution in [1.29, 1.82) is 0 Å². The Morgan fingerprint density at radius 2 is 1.90 bits per heavy atom. The molecule has 2 rings (SSSR count). The summed E-state index contributed by atoms with van der Waals surface area (Å²) in [5.74, 6) is 2.69. The predicted molar refractivity (Wildman–Crippen MR) is 85.9 cm³/mol. The van der Waals surface area contributed by atoms with Crippen LogP contribution in [0.1, 0.15) is 71.1 Å². The number of hydrogen-bond acceptors (Lipinski definition) is 2. The minimum atomic E-state index is 0.230. The van der Waals surface area contributed by atoms with Crippen LogP contribution in [0.5, 0.6) is 0 Å². The summed E-state index contributed by atoms with van der Waals surface area (Å²) < 4.78 is 0. The molecule has 0 aromatic rings. The molecule has 2 N–H and O–H groups in total. The molecule has 3 heteroatoms. The Labute approximate surface area is 129 Å². The monoisotopic (exact) mass is 295 g/mol. The van der Waals surface area contributed by atoms with Gasteiger partial charge in [-0.15, -0.1) is 0 Å². The Hall–Kier alpha value is -0.570. The highest BCUT2D eigenvalue weighted by atomic mass is 16.3. The molecular formula is C18H33NO2. The van der Waals surface area contributed by atoms with E-state index in [0.29, 0.717) is 5.92 Å². The Morgan fingerprint density at radius 1 is 1.14 bits per heavy atom. The average Bonchev–Trinajstić information content (AvgIpc) is 2.52. The molecule has 0 aromatic heterocycles. The number of nitrogens with one attached hydrogen (secondary N) is 1. The molecule has 4 unspecified atom stereocenters. The molecule has 122 valence electrons. The van der Waals surface area contributed by atoms with Crippen molar-refractivity contribution in [1.82, 2.24) is 5.32 Å². The van der Waals surface area contributed by atoms with Crippen LogP contribution in [-0.2, 0) is 4.79 Å². The van der Waals surface area contributed by atoms with Crippen LogP contribution in [-0.4, -0.2) is 24.2 Å². The second-order valence-electron chi connectivity index (χ2n) is 7.23. The number of amides is 1. The zero-order chi connectivity index (χ0) is 15.1. The van der Waals surface area contributed by atoms with Crippen molar-refractivity contribution in [2.24, 2.45) is 23.7 Å². The summed E-state index contributed by atoms with van der Waals surface area (Å²) >= 11 is 0. The van der Waals surface area contributed by atoms with Gasteiger partial charge in [0.05, 0.1) is 0 Å². The van der Waals surface area contributed by atoms with E-state index < -0.39 is 0 Å². The normalized spacial score (nSPS) is 30.5. The lowest BCUT2D eigenvalue weighted by Crippen LogP contribution is -2.39. The first-order valence-electron chi connectivity index (χ1n) is 9.13. The Morgan fingerprint density at radius 3 is 2.62 bits per heavy atom. The standard InChI is InChI=1S/C18H33NO2/c1-2-5-14(10-11-20)13-19-18(21)17-9-8-15-6-3-4-7-16(15)12-17/h14-17,20H,2-13H2,1H3,(H,19,21). The van der Waals surface area contributed by atoms with Crippen molar-refractivity contribution in [3.63, 3.8) is 0 Å². The molecule has 2 aliphatic carbocycles. The van der Waals surface area contributed by atoms with Crippen molar-refractivity contribution in [3.8, 4) is 0 Å². The Balaban J connectivity index is 1.75. The van der Waals surface area contributed by atoms with Crippen molar-refractivity contribution in [2.75, 3.05) is 13.2 Å². The van der Waals surface area contributed by atoms with Crippen LogP contribution in [0.25, 0.3) is 0 Å². The number of hydrogen-bond donors (Lipinski definition) is 2. The van der Waals surface area contributed by atoms with E-state index in [0.717, 1.165) is 50.5 Å². The first kappa shape index (κ1) is 16.8. The molecule has 2 fully saturated rings. The van der Waals surface area contributed by atoms with Gasteiger partial charge in [-0.25, -0.2) is 0 Å². The van der Waals surface area contributed by atoms with Gasteiger partial charge >= 0.3 is 0 Å². The third-order valence-corrected chi connectivity index (χ3v) is 5.71. The van der Waals surface area contributed by atoms with Crippen LogP contribution >= 0.6 is 0 Å². The largest absolute Gasteiger partial charge is 0.396 e. The van der Waals surface area contributed by atoms with Crippen LogP contribution in [0, 0.1) is 23.7 Å². The summed E-state index contributed by atoms with van der Waals surface area (Å²) in [4.78, 5) is 12.4. The maximum atomic E-state index is 12.4. The minimum Gasteiger partial charge on any atom is -0.396 e. The van der Waals surface area contributed by atoms with Crippen LogP contribution in [0.4, 0.5) is 0 Å². The first-order valence-corrected chi connectivity index (χ1v) is 9.13. The van der Waals surface area contributed by atoms with Gasteiger partial charge in [-0.05, 0) is 49.9 Å². The molecule has 2 aliphatic rings. The summed E-state index contributed by atoms with van der Waals surface area (Å²) in [6.07, 6.45) is 12.0. The van der Waals surface area contributed by atoms with Crippen molar-refractivity contribution < 1.29 is 9.90 Å². The zero-order valence-electron chi connectivity index (χ0n) is 13.7. The molecule has 0 aliphatic heterocycles. The molecule has 0 aromatic carbocycles. The molecular weight excluding hydrogens is 262 g/mol. The number of carbonyl (C=O) groups excluding carboxylic acids is 1. The number of rotatable bonds is 7. The average molecular weight is 295 g/mol. The quantitative estimate of drug-likeness (QED) is 0.755. The van der Waals surface area contributed by atoms with Gasteiger partial charge in [0.15, 0.2) is 0 Å². The van der Waals surface area contributed by atoms with E-state index in [9.17, 15) is 4.79 Å². The number of aliphatic hydroxyl groups is 1. The Kier molecular flexibility index (Phi) is 7.01. The van der Waals surface area contributed by atoms with Gasteiger partial charge in [-0.3, -0.25) is 4.79 Å². The second kappa shape index (κ2) is 8.77. The topological polar surface area (TPSA) is 49.3 Å². The first-order chi connectivity index (χ1) is 10.2. The Bertz CT molecular complexity index is 312. The fourth-order valence-corrected chi connectivity index (χ4v) is 4.44. The van der Waals surface area contributed by atoms with Crippen molar-refractivity contribution >= 4 is 5.91 Å². The maximum Gasteiger partial charge on any atom is 0.223 e. The van der Waals surface area contributed by atoms with E-state index in [1.807, 2.05) is 0 Å². The van der Waals surface area contributed by atoms with E-state index in [-0.39, 0.29) is 18.4 Å². The van der Waals surface area contributed by atoms with Crippen molar-refractivity contribution in [2.45, 2.75) is 71.1 Å². The third-order valence-electron chi connectivity index (χ3n) is 5.71. The van der Waals surface area contributed by atoms with Gasteiger partial charge < -0.3 is 10.4 Å². The lowest BCUT2D eigenvalue weighted by molar-refractivity contribution is -0.127. The van der Waals surface area contributed by atoms with E-state index >= 15 is 0 Å². The van der Waals surface area contributed by atoms with E-state index in [4.69, 9.17) is 5.11 Å². The molecule has 0 heterocycles. The lowest BCUT2D eigenvalue weighted by atomic mass is 9.67. The summed E-state index contributed by atoms with van der Waals surface area (Å²) in [5, 5.41) is 12.3. The molecule has 4 atom stereocenters. The van der Waals surface area contributed by atoms with Crippen LogP contribution in [0.2, 0.25) is 0 Å². The molecule has 0 spiro atoms. The summed E-state index contributed by atoms with van der Waals surface area (Å²) in [6, 6.07) is 0. The van der Waals surface area contributed by atoms with Crippen LogP contribution in [0.15, 0.2) is 0 Å². The van der Waals surface area contributed by atoms with Gasteiger partial charge in [0.2, 0.25) is 5.91 Å². The number of fused-ring (bicyclic) bond motifs is 1. The van der Waals surface area contributed by atoms with Gasteiger partial charge in [0, 0.05) is 19.1 Å². The van der Waals surface area contributed by atoms with Gasteiger partial charge in [0.25, 0.3) is 0 Å². The number of carbonyl (C=O) groups is 1. The predicted octanol–water partition coefficient (Wildman–Crippen LogP) is 3.51. The molecule has 21 heavy (non-hydrogen) atoms. The maximum absolute atomic E-state index is 12.4. The molecule has 0 bridgehead atoms. The second-order valence-corrected chi connectivity index (χ2v) is 7.23. The summed E-state index contributed by atoms with van der Waals surface area (Å²) in [7, 11) is 0. The highest BCUT2D eigenvalue weighted by Crippen LogP contribution is 2.42. The van der Waals surface area contributed by atoms with Gasteiger partial charge in [0.1, 0.15) is 0 Å². The molecule has 0 radical (unpaired) electrons. The van der Waals surface area contributed by atoms with Gasteiger partial charge in [-0.1, -0.05) is 39.0 Å². The highest BCUT2D eigenvalue weighted by Gasteiger charge is 2.34. The smallest absolute Gasteiger partial charge is 0.223 e. The van der Waals surface area contributed by atoms with E-state index in [2.05, 4.69) is 12.2 Å². The lowest BCUT2D eigenvalue weighted by Gasteiger charge is -2.38. The number of aliphatic hydroxyl groups excluding tert-OH is 1. The third kappa shape index (κ3) is 4.98. The fourth-order valence-electron chi connectivity index (χ4n) is 4.44. The summed E-state index contributed by atoms with van der Waals surface area (Å²) in [5.41, 5.74) is 0. The minimum absolute atomic E-state index is 0.230. The summed E-state index contributed by atoms with van der Waals surface area (Å²) in [6.45, 7) is 3.14. The molecule has 0 saturated heterocycles. The highest BCUT2D eigenvalue weighted by molar-refractivity contribution is 5.78. The zero-order valence-corrected chi connectivity index (χ0v) is 13.7. The van der Waals surface area contributed by atoms with Crippen LogP contribution in [0.3, 0.4) is 0 Å². The SMILES string of the molecule is CCCC(CCO)CNC(=O)C1CCC2CCCCC2C1. The van der Waals surface area contributed by atoms with Crippen molar-refractivity contribution in [3.05, 3.63) is 0 Å². The van der Waals surface area contributed by atoms with Crippen LogP contribution < -0.4 is 5.32 Å². The van der Waals surface area contributed by atoms with E-state index in [1.54, 1.807) is 0 Å². The van der Waals surface area contributed by atoms with Gasteiger partial charge in [-0.2, -0.15) is 0 Å². The molecule has 3 nitrogen and oxygen atoms in total. The van der Waals surface area contributed by atoms with E-state index in [1.165, 1.54) is 32.1 Å². The molecule has 2 saturated carbocycles. The molecule has 1 amide bonds. The fraction of sp³-hybridized carbons (Fsp3) is 0.944.